The average Bonchev–Trinajstić information content (AvgIpc) is 2.25. The lowest BCUT2D eigenvalue weighted by atomic mass is 10.0. The molecule has 1 atom stereocenters. The Hall–Kier alpha value is -1.58. The second-order valence-corrected chi connectivity index (χ2v) is 3.82. The number of carbonyl (C=O) groups is 2. The van der Waals surface area contributed by atoms with Crippen molar-refractivity contribution in [3.8, 4) is 0 Å². The van der Waals surface area contributed by atoms with Gasteiger partial charge in [0.15, 0.2) is 0 Å². The van der Waals surface area contributed by atoms with Crippen molar-refractivity contribution in [2.45, 2.75) is 32.7 Å². The van der Waals surface area contributed by atoms with E-state index in [-0.39, 0.29) is 17.9 Å². The van der Waals surface area contributed by atoms with Gasteiger partial charge >= 0.3 is 0 Å². The van der Waals surface area contributed by atoms with E-state index in [2.05, 4.69) is 10.6 Å². The van der Waals surface area contributed by atoms with Crippen LogP contribution in [0.4, 0.5) is 0 Å². The maximum atomic E-state index is 11.6. The molecule has 0 aromatic rings. The molecule has 1 unspecified atom stereocenters. The number of rotatable bonds is 4. The van der Waals surface area contributed by atoms with Crippen molar-refractivity contribution in [1.82, 2.24) is 10.6 Å². The van der Waals surface area contributed by atoms with Crippen molar-refractivity contribution in [2.75, 3.05) is 6.54 Å². The molecule has 1 rings (SSSR count). The lowest BCUT2D eigenvalue weighted by molar-refractivity contribution is -0.120. The molecule has 0 fully saturated rings. The van der Waals surface area contributed by atoms with Gasteiger partial charge in [-0.25, -0.2) is 0 Å². The molecule has 0 spiro atoms. The first-order valence-electron chi connectivity index (χ1n) is 5.57. The first kappa shape index (κ1) is 12.5. The van der Waals surface area contributed by atoms with Gasteiger partial charge in [-0.1, -0.05) is 19.1 Å². The summed E-state index contributed by atoms with van der Waals surface area (Å²) in [5.74, 6) is -0.155. The molecule has 1 aliphatic rings. The zero-order chi connectivity index (χ0) is 12.0. The Balaban J connectivity index is 2.57. The highest BCUT2D eigenvalue weighted by molar-refractivity contribution is 5.96. The quantitative estimate of drug-likeness (QED) is 0.742. The molecule has 0 bridgehead atoms. The fourth-order valence-electron chi connectivity index (χ4n) is 1.54. The summed E-state index contributed by atoms with van der Waals surface area (Å²) in [5, 5.41) is 5.58. The molecular formula is C12H18N2O2. The first-order valence-corrected chi connectivity index (χ1v) is 5.57. The Morgan fingerprint density at radius 2 is 2.25 bits per heavy atom. The van der Waals surface area contributed by atoms with E-state index in [0.29, 0.717) is 12.1 Å². The van der Waals surface area contributed by atoms with Gasteiger partial charge in [0.1, 0.15) is 0 Å². The molecule has 0 saturated carbocycles. The zero-order valence-electron chi connectivity index (χ0n) is 9.75. The van der Waals surface area contributed by atoms with E-state index in [1.165, 1.54) is 6.92 Å². The number of carbonyl (C=O) groups excluding carboxylic acids is 2. The molecule has 0 radical (unpaired) electrons. The highest BCUT2D eigenvalue weighted by atomic mass is 16.2. The van der Waals surface area contributed by atoms with Gasteiger partial charge in [0.05, 0.1) is 6.04 Å². The Bertz CT molecular complexity index is 332. The monoisotopic (exact) mass is 222 g/mol. The molecule has 16 heavy (non-hydrogen) atoms. The van der Waals surface area contributed by atoms with Crippen LogP contribution < -0.4 is 10.6 Å². The van der Waals surface area contributed by atoms with Crippen molar-refractivity contribution < 1.29 is 9.59 Å². The first-order chi connectivity index (χ1) is 7.63. The molecule has 0 heterocycles. The van der Waals surface area contributed by atoms with Crippen molar-refractivity contribution in [3.05, 3.63) is 23.8 Å². The van der Waals surface area contributed by atoms with Crippen LogP contribution in [0.3, 0.4) is 0 Å². The summed E-state index contributed by atoms with van der Waals surface area (Å²) in [6, 6.07) is -0.0649. The summed E-state index contributed by atoms with van der Waals surface area (Å²) < 4.78 is 0. The third-order valence-corrected chi connectivity index (χ3v) is 2.25. The largest absolute Gasteiger partial charge is 0.352 e. The molecule has 4 nitrogen and oxygen atoms in total. The minimum absolute atomic E-state index is 0.0649. The van der Waals surface area contributed by atoms with Gasteiger partial charge < -0.3 is 10.6 Å². The van der Waals surface area contributed by atoms with Gasteiger partial charge in [0, 0.05) is 19.0 Å². The van der Waals surface area contributed by atoms with E-state index < -0.39 is 0 Å². The Labute approximate surface area is 95.8 Å². The Kier molecular flexibility index (Phi) is 4.76. The summed E-state index contributed by atoms with van der Waals surface area (Å²) in [6.45, 7) is 4.16. The number of nitrogens with one attached hydrogen (secondary N) is 2. The predicted octanol–water partition coefficient (Wildman–Crippen LogP) is 0.904. The third kappa shape index (κ3) is 3.88. The molecule has 0 aromatic carbocycles. The third-order valence-electron chi connectivity index (χ3n) is 2.25. The molecule has 0 saturated heterocycles. The second kappa shape index (κ2) is 6.10. The fraction of sp³-hybridized carbons (Fsp3) is 0.500. The molecule has 2 N–H and O–H groups in total. The molecular weight excluding hydrogens is 204 g/mol. The number of amides is 2. The lowest BCUT2D eigenvalue weighted by Crippen LogP contribution is -2.34. The molecule has 0 aliphatic heterocycles. The fourth-order valence-corrected chi connectivity index (χ4v) is 1.54. The van der Waals surface area contributed by atoms with E-state index in [1.807, 2.05) is 13.0 Å². The summed E-state index contributed by atoms with van der Waals surface area (Å²) in [4.78, 5) is 22.5. The van der Waals surface area contributed by atoms with Crippen LogP contribution in [0.2, 0.25) is 0 Å². The van der Waals surface area contributed by atoms with E-state index in [0.717, 1.165) is 12.8 Å². The van der Waals surface area contributed by atoms with E-state index in [1.54, 1.807) is 12.2 Å². The van der Waals surface area contributed by atoms with Crippen LogP contribution in [0.15, 0.2) is 23.8 Å². The SMILES string of the molecule is CCCNC(=O)C1=CC(NC(C)=O)CC=C1. The summed E-state index contributed by atoms with van der Waals surface area (Å²) in [6.07, 6.45) is 7.15. The average molecular weight is 222 g/mol. The van der Waals surface area contributed by atoms with Crippen LogP contribution in [-0.2, 0) is 9.59 Å². The van der Waals surface area contributed by atoms with Gasteiger partial charge in [-0.05, 0) is 18.9 Å². The Morgan fingerprint density at radius 3 is 2.88 bits per heavy atom. The highest BCUT2D eigenvalue weighted by Crippen LogP contribution is 2.10. The normalized spacial score (nSPS) is 18.9. The standard InChI is InChI=1S/C12H18N2O2/c1-3-7-13-12(16)10-5-4-6-11(8-10)14-9(2)15/h4-5,8,11H,3,6-7H2,1-2H3,(H,13,16)(H,14,15). The van der Waals surface area contributed by atoms with Crippen molar-refractivity contribution >= 4 is 11.8 Å². The summed E-state index contributed by atoms with van der Waals surface area (Å²) >= 11 is 0. The molecule has 88 valence electrons. The maximum Gasteiger partial charge on any atom is 0.251 e. The topological polar surface area (TPSA) is 58.2 Å². The minimum atomic E-state index is -0.0788. The van der Waals surface area contributed by atoms with E-state index in [4.69, 9.17) is 0 Å². The van der Waals surface area contributed by atoms with Crippen LogP contribution in [0.5, 0.6) is 0 Å². The van der Waals surface area contributed by atoms with Gasteiger partial charge in [-0.2, -0.15) is 0 Å². The van der Waals surface area contributed by atoms with Crippen LogP contribution in [0.1, 0.15) is 26.7 Å². The molecule has 2 amide bonds. The second-order valence-electron chi connectivity index (χ2n) is 3.82. The van der Waals surface area contributed by atoms with Crippen LogP contribution >= 0.6 is 0 Å². The van der Waals surface area contributed by atoms with E-state index >= 15 is 0 Å². The lowest BCUT2D eigenvalue weighted by Gasteiger charge is -2.17. The zero-order valence-corrected chi connectivity index (χ0v) is 9.75. The van der Waals surface area contributed by atoms with Gasteiger partial charge in [0.2, 0.25) is 5.91 Å². The van der Waals surface area contributed by atoms with Crippen LogP contribution in [-0.4, -0.2) is 24.4 Å². The van der Waals surface area contributed by atoms with Gasteiger partial charge in [-0.15, -0.1) is 0 Å². The smallest absolute Gasteiger partial charge is 0.251 e. The van der Waals surface area contributed by atoms with Crippen molar-refractivity contribution in [3.63, 3.8) is 0 Å². The maximum absolute atomic E-state index is 11.6. The van der Waals surface area contributed by atoms with Crippen LogP contribution in [0, 0.1) is 0 Å². The summed E-state index contributed by atoms with van der Waals surface area (Å²) in [5.41, 5.74) is 0.624. The van der Waals surface area contributed by atoms with Gasteiger partial charge in [0.25, 0.3) is 5.91 Å². The number of hydrogen-bond acceptors (Lipinski definition) is 2. The van der Waals surface area contributed by atoms with Gasteiger partial charge in [-0.3, -0.25) is 9.59 Å². The molecule has 1 aliphatic carbocycles. The Morgan fingerprint density at radius 1 is 1.50 bits per heavy atom. The van der Waals surface area contributed by atoms with Crippen molar-refractivity contribution in [2.24, 2.45) is 0 Å². The van der Waals surface area contributed by atoms with E-state index in [9.17, 15) is 9.59 Å². The minimum Gasteiger partial charge on any atom is -0.352 e. The number of hydrogen-bond donors (Lipinski definition) is 2. The molecule has 4 heteroatoms. The summed E-state index contributed by atoms with van der Waals surface area (Å²) in [7, 11) is 0. The highest BCUT2D eigenvalue weighted by Gasteiger charge is 2.14. The molecule has 0 aromatic heterocycles. The predicted molar refractivity (Wildman–Crippen MR) is 62.7 cm³/mol. The van der Waals surface area contributed by atoms with Crippen molar-refractivity contribution in [1.29, 1.82) is 0 Å². The van der Waals surface area contributed by atoms with Crippen LogP contribution in [0.25, 0.3) is 0 Å².